The summed E-state index contributed by atoms with van der Waals surface area (Å²) in [6.07, 6.45) is 2.41. The zero-order valence-electron chi connectivity index (χ0n) is 6.83. The van der Waals surface area contributed by atoms with Crippen LogP contribution in [0.3, 0.4) is 0 Å². The first-order chi connectivity index (χ1) is 6.15. The molecule has 0 atom stereocenters. The van der Waals surface area contributed by atoms with Crippen LogP contribution in [0.15, 0.2) is 18.3 Å². The molecule has 0 amide bonds. The van der Waals surface area contributed by atoms with Crippen molar-refractivity contribution in [3.05, 3.63) is 29.8 Å². The van der Waals surface area contributed by atoms with Gasteiger partial charge in [-0.3, -0.25) is 9.78 Å². The molecule has 0 aromatic carbocycles. The lowest BCUT2D eigenvalue weighted by molar-refractivity contribution is -0.140. The maximum absolute atomic E-state index is 12.8. The van der Waals surface area contributed by atoms with Gasteiger partial charge in [0.05, 0.1) is 5.69 Å². The predicted molar refractivity (Wildman–Crippen MR) is 42.7 cm³/mol. The topological polar surface area (TPSA) is 50.2 Å². The van der Waals surface area contributed by atoms with Crippen LogP contribution in [0.2, 0.25) is 0 Å². The van der Waals surface area contributed by atoms with Gasteiger partial charge < -0.3 is 5.11 Å². The molecular formula is C9H8FNO2. The summed E-state index contributed by atoms with van der Waals surface area (Å²) in [7, 11) is 0. The van der Waals surface area contributed by atoms with E-state index < -0.39 is 17.2 Å². The van der Waals surface area contributed by atoms with Gasteiger partial charge in [0.2, 0.25) is 0 Å². The molecule has 1 aliphatic rings. The van der Waals surface area contributed by atoms with Gasteiger partial charge >= 0.3 is 5.97 Å². The van der Waals surface area contributed by atoms with Gasteiger partial charge in [0.1, 0.15) is 11.2 Å². The normalized spacial score (nSPS) is 18.2. The Morgan fingerprint density at radius 1 is 1.62 bits per heavy atom. The maximum Gasteiger partial charge on any atom is 0.315 e. The average molecular weight is 181 g/mol. The molecule has 68 valence electrons. The summed E-state index contributed by atoms with van der Waals surface area (Å²) in [6.45, 7) is 0. The number of hydrogen-bond acceptors (Lipinski definition) is 2. The Labute approximate surface area is 74.2 Å². The largest absolute Gasteiger partial charge is 0.481 e. The second kappa shape index (κ2) is 2.52. The van der Waals surface area contributed by atoms with Crippen LogP contribution in [0.25, 0.3) is 0 Å². The summed E-state index contributed by atoms with van der Waals surface area (Å²) in [5.41, 5.74) is -0.567. The highest BCUT2D eigenvalue weighted by molar-refractivity contribution is 5.84. The molecule has 1 saturated carbocycles. The lowest BCUT2D eigenvalue weighted by Gasteiger charge is -2.07. The van der Waals surface area contributed by atoms with Crippen molar-refractivity contribution in [2.75, 3.05) is 0 Å². The van der Waals surface area contributed by atoms with Gasteiger partial charge in [-0.2, -0.15) is 0 Å². The maximum atomic E-state index is 12.8. The van der Waals surface area contributed by atoms with Crippen molar-refractivity contribution in [2.24, 2.45) is 0 Å². The molecule has 1 aromatic heterocycles. The van der Waals surface area contributed by atoms with Crippen molar-refractivity contribution in [1.29, 1.82) is 0 Å². The molecule has 1 aromatic rings. The van der Waals surface area contributed by atoms with Gasteiger partial charge in [0, 0.05) is 6.20 Å². The number of aromatic nitrogens is 1. The van der Waals surface area contributed by atoms with Crippen molar-refractivity contribution in [1.82, 2.24) is 4.98 Å². The molecule has 0 bridgehead atoms. The van der Waals surface area contributed by atoms with E-state index in [2.05, 4.69) is 4.98 Å². The summed E-state index contributed by atoms with van der Waals surface area (Å²) < 4.78 is 12.8. The van der Waals surface area contributed by atoms with Crippen LogP contribution < -0.4 is 0 Å². The molecule has 1 heterocycles. The van der Waals surface area contributed by atoms with Gasteiger partial charge in [0.25, 0.3) is 0 Å². The minimum Gasteiger partial charge on any atom is -0.481 e. The van der Waals surface area contributed by atoms with Crippen molar-refractivity contribution in [3.63, 3.8) is 0 Å². The van der Waals surface area contributed by atoms with Crippen LogP contribution >= 0.6 is 0 Å². The highest BCUT2D eigenvalue weighted by Gasteiger charge is 2.53. The van der Waals surface area contributed by atoms with Crippen molar-refractivity contribution in [2.45, 2.75) is 18.3 Å². The van der Waals surface area contributed by atoms with E-state index in [0.29, 0.717) is 18.5 Å². The Bertz CT molecular complexity index is 360. The fourth-order valence-corrected chi connectivity index (χ4v) is 1.37. The number of aliphatic carboxylic acids is 1. The Morgan fingerprint density at radius 2 is 2.31 bits per heavy atom. The van der Waals surface area contributed by atoms with E-state index in [-0.39, 0.29) is 0 Å². The minimum atomic E-state index is -0.911. The van der Waals surface area contributed by atoms with E-state index in [1.54, 1.807) is 0 Å². The monoisotopic (exact) mass is 181 g/mol. The second-order valence-electron chi connectivity index (χ2n) is 3.25. The summed E-state index contributed by atoms with van der Waals surface area (Å²) in [5.74, 6) is -1.34. The van der Waals surface area contributed by atoms with Gasteiger partial charge in [0.15, 0.2) is 0 Å². The van der Waals surface area contributed by atoms with Crippen LogP contribution in [0, 0.1) is 5.82 Å². The Morgan fingerprint density at radius 3 is 2.77 bits per heavy atom. The number of pyridine rings is 1. The van der Waals surface area contributed by atoms with E-state index in [9.17, 15) is 9.18 Å². The molecule has 0 unspecified atom stereocenters. The average Bonchev–Trinajstić information content (AvgIpc) is 2.83. The van der Waals surface area contributed by atoms with Crippen LogP contribution in [0.5, 0.6) is 0 Å². The number of carboxylic acid groups (broad SMARTS) is 1. The number of nitrogens with zero attached hydrogens (tertiary/aromatic N) is 1. The fraction of sp³-hybridized carbons (Fsp3) is 0.333. The minimum absolute atomic E-state index is 0.333. The molecule has 0 saturated heterocycles. The SMILES string of the molecule is O=C(O)C1(c2cc(F)ccn2)CC1. The number of hydrogen-bond donors (Lipinski definition) is 1. The van der Waals surface area contributed by atoms with Crippen LogP contribution in [-0.2, 0) is 10.2 Å². The Kier molecular flexibility index (Phi) is 1.58. The first kappa shape index (κ1) is 8.16. The third kappa shape index (κ3) is 1.18. The lowest BCUT2D eigenvalue weighted by Crippen LogP contribution is -2.20. The summed E-state index contributed by atoms with van der Waals surface area (Å²) >= 11 is 0. The molecule has 13 heavy (non-hydrogen) atoms. The third-order valence-electron chi connectivity index (χ3n) is 2.37. The summed E-state index contributed by atoms with van der Waals surface area (Å²) in [5, 5.41) is 8.89. The molecule has 2 rings (SSSR count). The highest BCUT2D eigenvalue weighted by Crippen LogP contribution is 2.47. The van der Waals surface area contributed by atoms with E-state index in [0.717, 1.165) is 0 Å². The molecule has 0 spiro atoms. The van der Waals surface area contributed by atoms with Crippen LogP contribution in [-0.4, -0.2) is 16.1 Å². The lowest BCUT2D eigenvalue weighted by atomic mass is 10.0. The molecule has 3 nitrogen and oxygen atoms in total. The molecule has 1 N–H and O–H groups in total. The standard InChI is InChI=1S/C9H8FNO2/c10-6-1-4-11-7(5-6)9(2-3-9)8(12)13/h1,4-5H,2-3H2,(H,12,13). The molecule has 0 aliphatic heterocycles. The fourth-order valence-electron chi connectivity index (χ4n) is 1.37. The van der Waals surface area contributed by atoms with E-state index in [4.69, 9.17) is 5.11 Å². The Hall–Kier alpha value is -1.45. The Balaban J connectivity index is 2.41. The quantitative estimate of drug-likeness (QED) is 0.748. The van der Waals surface area contributed by atoms with Gasteiger partial charge in [-0.1, -0.05) is 0 Å². The summed E-state index contributed by atoms with van der Waals surface area (Å²) in [4.78, 5) is 14.7. The molecule has 1 aliphatic carbocycles. The van der Waals surface area contributed by atoms with Crippen LogP contribution in [0.1, 0.15) is 18.5 Å². The van der Waals surface area contributed by atoms with Crippen molar-refractivity contribution >= 4 is 5.97 Å². The van der Waals surface area contributed by atoms with E-state index >= 15 is 0 Å². The first-order valence-electron chi connectivity index (χ1n) is 4.00. The molecule has 4 heteroatoms. The number of rotatable bonds is 2. The number of carbonyl (C=O) groups is 1. The number of halogens is 1. The predicted octanol–water partition coefficient (Wildman–Crippen LogP) is 1.34. The van der Waals surface area contributed by atoms with Crippen molar-refractivity contribution < 1.29 is 14.3 Å². The zero-order valence-corrected chi connectivity index (χ0v) is 6.83. The molecule has 0 radical (unpaired) electrons. The van der Waals surface area contributed by atoms with E-state index in [1.807, 2.05) is 0 Å². The van der Waals surface area contributed by atoms with Gasteiger partial charge in [-0.05, 0) is 25.0 Å². The van der Waals surface area contributed by atoms with Crippen LogP contribution in [0.4, 0.5) is 4.39 Å². The second-order valence-corrected chi connectivity index (χ2v) is 3.25. The smallest absolute Gasteiger partial charge is 0.315 e. The third-order valence-corrected chi connectivity index (χ3v) is 2.37. The van der Waals surface area contributed by atoms with E-state index in [1.165, 1.54) is 18.3 Å². The molecular weight excluding hydrogens is 173 g/mol. The zero-order chi connectivity index (χ0) is 9.47. The van der Waals surface area contributed by atoms with Crippen molar-refractivity contribution in [3.8, 4) is 0 Å². The van der Waals surface area contributed by atoms with Gasteiger partial charge in [-0.25, -0.2) is 4.39 Å². The van der Waals surface area contributed by atoms with Gasteiger partial charge in [-0.15, -0.1) is 0 Å². The highest BCUT2D eigenvalue weighted by atomic mass is 19.1. The first-order valence-corrected chi connectivity index (χ1v) is 4.00. The summed E-state index contributed by atoms with van der Waals surface area (Å²) in [6, 6.07) is 2.41. The number of carboxylic acids is 1. The molecule has 1 fully saturated rings.